The smallest absolute Gasteiger partial charge is 0.0216 e. The third-order valence-electron chi connectivity index (χ3n) is 12.2. The second-order valence-corrected chi connectivity index (χ2v) is 18.4. The average molecular weight is 829 g/mol. The van der Waals surface area contributed by atoms with Crippen molar-refractivity contribution in [2.75, 3.05) is 0 Å². The van der Waals surface area contributed by atoms with E-state index >= 15 is 0 Å². The Morgan fingerprint density at radius 1 is 0.333 bits per heavy atom. The molecule has 0 amide bonds. The molecular weight excluding hydrogens is 748 g/mol. The van der Waals surface area contributed by atoms with E-state index in [4.69, 9.17) is 0 Å². The van der Waals surface area contributed by atoms with E-state index in [0.717, 1.165) is 0 Å². The van der Waals surface area contributed by atoms with Gasteiger partial charge in [0, 0.05) is 14.4 Å². The molecule has 2 heteroatoms. The highest BCUT2D eigenvalue weighted by atomic mass is 79.9. The summed E-state index contributed by atoms with van der Waals surface area (Å²) in [5.41, 5.74) is 6.30. The van der Waals surface area contributed by atoms with Crippen molar-refractivity contribution in [3.05, 3.63) is 56.5 Å². The molecule has 2 aromatic carbocycles. The molecule has 1 aliphatic rings. The molecule has 0 aliphatic heterocycles. The van der Waals surface area contributed by atoms with Gasteiger partial charge in [0.1, 0.15) is 0 Å². The molecule has 0 bridgehead atoms. The maximum Gasteiger partial charge on any atom is 0.0216 e. The summed E-state index contributed by atoms with van der Waals surface area (Å²) >= 11 is 7.74. The van der Waals surface area contributed by atoms with Gasteiger partial charge in [-0.25, -0.2) is 0 Å². The van der Waals surface area contributed by atoms with Gasteiger partial charge in [-0.15, -0.1) is 0 Å². The first-order valence-corrected chi connectivity index (χ1v) is 24.3. The summed E-state index contributed by atoms with van der Waals surface area (Å²) in [6.07, 6.45) is 48.4. The molecule has 51 heavy (non-hydrogen) atoms. The minimum absolute atomic E-state index is 0.157. The number of hydrogen-bond acceptors (Lipinski definition) is 0. The number of fused-ring (bicyclic) bond motifs is 3. The Balaban J connectivity index is 1.36. The Bertz CT molecular complexity index is 1050. The Morgan fingerprint density at radius 2 is 0.569 bits per heavy atom. The summed E-state index contributed by atoms with van der Waals surface area (Å²) in [6, 6.07) is 14.2. The summed E-state index contributed by atoms with van der Waals surface area (Å²) < 4.78 is 2.47. The Kier molecular flexibility index (Phi) is 25.3. The molecule has 3 rings (SSSR count). The van der Waals surface area contributed by atoms with Crippen LogP contribution in [0.15, 0.2) is 45.3 Å². The lowest BCUT2D eigenvalue weighted by molar-refractivity contribution is 0.396. The third kappa shape index (κ3) is 17.6. The molecule has 0 saturated heterocycles. The monoisotopic (exact) mass is 826 g/mol. The maximum atomic E-state index is 3.87. The van der Waals surface area contributed by atoms with Crippen LogP contribution >= 0.6 is 31.9 Å². The van der Waals surface area contributed by atoms with Gasteiger partial charge in [-0.2, -0.15) is 0 Å². The molecule has 0 spiro atoms. The molecule has 2 aromatic rings. The fourth-order valence-electron chi connectivity index (χ4n) is 9.05. The van der Waals surface area contributed by atoms with Crippen LogP contribution in [-0.4, -0.2) is 0 Å². The van der Waals surface area contributed by atoms with Crippen molar-refractivity contribution in [1.82, 2.24) is 0 Å². The Hall–Kier alpha value is -0.600. The Morgan fingerprint density at radius 3 is 0.824 bits per heavy atom. The minimum atomic E-state index is 0.157. The molecule has 0 fully saturated rings. The topological polar surface area (TPSA) is 0 Å². The van der Waals surface area contributed by atoms with E-state index in [1.807, 2.05) is 0 Å². The van der Waals surface area contributed by atoms with Gasteiger partial charge in [0.15, 0.2) is 0 Å². The zero-order valence-electron chi connectivity index (χ0n) is 33.8. The van der Waals surface area contributed by atoms with E-state index in [-0.39, 0.29) is 5.41 Å². The molecule has 0 heterocycles. The number of benzene rings is 2. The first-order chi connectivity index (χ1) is 25.1. The molecule has 0 saturated carbocycles. The van der Waals surface area contributed by atoms with Crippen LogP contribution in [0.3, 0.4) is 0 Å². The molecule has 1 aliphatic carbocycles. The zero-order valence-corrected chi connectivity index (χ0v) is 36.9. The van der Waals surface area contributed by atoms with E-state index < -0.39 is 0 Å². The predicted molar refractivity (Wildman–Crippen MR) is 236 cm³/mol. The standard InChI is InChI=1S/C49H80Br2/c1-3-5-7-9-11-13-15-17-19-21-23-25-27-29-31-33-39-49(47-41-43(50)35-37-45(47)46-38-36-44(51)42-48(46)49)40-34-32-30-28-26-24-22-20-18-16-14-12-10-8-6-4-2/h35-38,41-42H,3-34,39-40H2,1-2H3. The number of rotatable bonds is 34. The van der Waals surface area contributed by atoms with Gasteiger partial charge in [-0.05, 0) is 59.4 Å². The third-order valence-corrected chi connectivity index (χ3v) is 13.2. The first-order valence-electron chi connectivity index (χ1n) is 22.7. The summed E-state index contributed by atoms with van der Waals surface area (Å²) in [5, 5.41) is 0. The van der Waals surface area contributed by atoms with Crippen molar-refractivity contribution in [2.24, 2.45) is 0 Å². The van der Waals surface area contributed by atoms with Crippen molar-refractivity contribution in [1.29, 1.82) is 0 Å². The lowest BCUT2D eigenvalue weighted by Gasteiger charge is -2.33. The fourth-order valence-corrected chi connectivity index (χ4v) is 9.78. The SMILES string of the molecule is CCCCCCCCCCCCCCCCCCC1(CCCCCCCCCCCCCCCCCC)c2cc(Br)ccc2-c2ccc(Br)cc21. The van der Waals surface area contributed by atoms with Gasteiger partial charge in [0.2, 0.25) is 0 Å². The van der Waals surface area contributed by atoms with Crippen molar-refractivity contribution in [2.45, 2.75) is 238 Å². The van der Waals surface area contributed by atoms with E-state index in [1.54, 1.807) is 11.1 Å². The quantitative estimate of drug-likeness (QED) is 0.0617. The van der Waals surface area contributed by atoms with E-state index in [0.29, 0.717) is 0 Å². The van der Waals surface area contributed by atoms with E-state index in [1.165, 1.54) is 238 Å². The van der Waals surface area contributed by atoms with Gasteiger partial charge in [-0.1, -0.05) is 263 Å². The van der Waals surface area contributed by atoms with Crippen molar-refractivity contribution < 1.29 is 0 Å². The molecule has 0 N–H and O–H groups in total. The summed E-state index contributed by atoms with van der Waals surface area (Å²) in [5.74, 6) is 0. The highest BCUT2D eigenvalue weighted by molar-refractivity contribution is 9.10. The fraction of sp³-hybridized carbons (Fsp3) is 0.755. The maximum absolute atomic E-state index is 3.87. The normalized spacial score (nSPS) is 13.2. The molecule has 0 nitrogen and oxygen atoms in total. The molecule has 0 atom stereocenters. The van der Waals surface area contributed by atoms with Crippen LogP contribution < -0.4 is 0 Å². The van der Waals surface area contributed by atoms with Gasteiger partial charge in [0.05, 0.1) is 0 Å². The van der Waals surface area contributed by atoms with Crippen LogP contribution in [0.25, 0.3) is 11.1 Å². The van der Waals surface area contributed by atoms with Gasteiger partial charge in [0.25, 0.3) is 0 Å². The number of unbranched alkanes of at least 4 members (excludes halogenated alkanes) is 30. The lowest BCUT2D eigenvalue weighted by Crippen LogP contribution is -2.25. The van der Waals surface area contributed by atoms with Crippen molar-refractivity contribution in [3.8, 4) is 11.1 Å². The number of hydrogen-bond donors (Lipinski definition) is 0. The highest BCUT2D eigenvalue weighted by Gasteiger charge is 2.42. The van der Waals surface area contributed by atoms with Crippen LogP contribution in [0, 0.1) is 0 Å². The van der Waals surface area contributed by atoms with E-state index in [9.17, 15) is 0 Å². The molecule has 290 valence electrons. The average Bonchev–Trinajstić information content (AvgIpc) is 3.38. The van der Waals surface area contributed by atoms with Gasteiger partial charge in [-0.3, -0.25) is 0 Å². The lowest BCUT2D eigenvalue weighted by atomic mass is 9.70. The van der Waals surface area contributed by atoms with Crippen LogP contribution in [0.4, 0.5) is 0 Å². The van der Waals surface area contributed by atoms with Crippen molar-refractivity contribution >= 4 is 31.9 Å². The van der Waals surface area contributed by atoms with Crippen molar-refractivity contribution in [3.63, 3.8) is 0 Å². The zero-order chi connectivity index (χ0) is 36.2. The van der Waals surface area contributed by atoms with Crippen LogP contribution in [-0.2, 0) is 5.41 Å². The largest absolute Gasteiger partial charge is 0.0654 e. The summed E-state index contributed by atoms with van der Waals surface area (Å²) in [7, 11) is 0. The highest BCUT2D eigenvalue weighted by Crippen LogP contribution is 2.55. The number of halogens is 2. The van der Waals surface area contributed by atoms with Crippen LogP contribution in [0.5, 0.6) is 0 Å². The second-order valence-electron chi connectivity index (χ2n) is 16.6. The molecule has 0 unspecified atom stereocenters. The van der Waals surface area contributed by atoms with Gasteiger partial charge < -0.3 is 0 Å². The molecule has 0 aromatic heterocycles. The first kappa shape index (κ1) is 44.8. The second kappa shape index (κ2) is 28.8. The molecular formula is C49H80Br2. The van der Waals surface area contributed by atoms with E-state index in [2.05, 4.69) is 82.1 Å². The van der Waals surface area contributed by atoms with Crippen LogP contribution in [0.2, 0.25) is 0 Å². The predicted octanol–water partition coefficient (Wildman–Crippen LogP) is 18.8. The molecule has 0 radical (unpaired) electrons. The summed E-state index contributed by atoms with van der Waals surface area (Å²) in [4.78, 5) is 0. The Labute approximate surface area is 335 Å². The summed E-state index contributed by atoms with van der Waals surface area (Å²) in [6.45, 7) is 4.62. The van der Waals surface area contributed by atoms with Gasteiger partial charge >= 0.3 is 0 Å². The van der Waals surface area contributed by atoms with Crippen LogP contribution in [0.1, 0.15) is 243 Å². The minimum Gasteiger partial charge on any atom is -0.0654 e.